The third kappa shape index (κ3) is 5.49. The first-order valence-electron chi connectivity index (χ1n) is 9.37. The smallest absolute Gasteiger partial charge is 0.241 e. The summed E-state index contributed by atoms with van der Waals surface area (Å²) < 4.78 is 16.2. The molecule has 0 radical (unpaired) electrons. The van der Waals surface area contributed by atoms with Crippen LogP contribution in [0.5, 0.6) is 11.5 Å². The Morgan fingerprint density at radius 3 is 2.80 bits per heavy atom. The molecule has 2 aromatic carbocycles. The number of likely N-dealkylation sites (N-methyl/N-ethyl adjacent to an activating group) is 1. The van der Waals surface area contributed by atoms with Crippen molar-refractivity contribution < 1.29 is 18.8 Å². The Morgan fingerprint density at radius 1 is 1.23 bits per heavy atom. The Bertz CT molecular complexity index is 1010. The Hall–Kier alpha value is -3.10. The number of carbonyl (C=O) groups is 1. The minimum Gasteiger partial charge on any atom is -0.495 e. The van der Waals surface area contributed by atoms with E-state index in [-0.39, 0.29) is 12.5 Å². The topological polar surface area (TPSA) is 89.7 Å². The van der Waals surface area contributed by atoms with Crippen LogP contribution < -0.4 is 14.8 Å². The minimum absolute atomic E-state index is 0.114. The van der Waals surface area contributed by atoms with Gasteiger partial charge in [0, 0.05) is 5.02 Å². The lowest BCUT2D eigenvalue weighted by Gasteiger charge is -2.15. The number of amides is 1. The van der Waals surface area contributed by atoms with Gasteiger partial charge in [0.2, 0.25) is 17.6 Å². The van der Waals surface area contributed by atoms with Gasteiger partial charge in [-0.3, -0.25) is 9.69 Å². The number of benzene rings is 2. The quantitative estimate of drug-likeness (QED) is 0.551. The van der Waals surface area contributed by atoms with E-state index in [0.717, 1.165) is 5.56 Å². The zero-order valence-electron chi connectivity index (χ0n) is 17.0. The molecule has 3 rings (SSSR count). The van der Waals surface area contributed by atoms with E-state index in [9.17, 15) is 4.79 Å². The molecule has 158 valence electrons. The van der Waals surface area contributed by atoms with Gasteiger partial charge < -0.3 is 19.3 Å². The molecule has 1 N–H and O–H groups in total. The molecule has 30 heavy (non-hydrogen) atoms. The number of ether oxygens (including phenoxy) is 2. The van der Waals surface area contributed by atoms with Gasteiger partial charge in [-0.2, -0.15) is 4.98 Å². The maximum Gasteiger partial charge on any atom is 0.241 e. The van der Waals surface area contributed by atoms with Crippen LogP contribution in [0.1, 0.15) is 12.8 Å². The predicted molar refractivity (Wildman–Crippen MR) is 114 cm³/mol. The maximum absolute atomic E-state index is 12.4. The number of aromatic nitrogens is 2. The molecule has 0 saturated carbocycles. The van der Waals surface area contributed by atoms with E-state index < -0.39 is 0 Å². The summed E-state index contributed by atoms with van der Waals surface area (Å²) in [6, 6.07) is 12.5. The third-order valence-electron chi connectivity index (χ3n) is 4.15. The number of hydrogen-bond acceptors (Lipinski definition) is 7. The van der Waals surface area contributed by atoms with Crippen molar-refractivity contribution in [3.05, 3.63) is 53.4 Å². The molecule has 8 nitrogen and oxygen atoms in total. The van der Waals surface area contributed by atoms with Crippen molar-refractivity contribution in [2.75, 3.05) is 32.6 Å². The van der Waals surface area contributed by atoms with Crippen LogP contribution in [-0.4, -0.2) is 48.3 Å². The second kappa shape index (κ2) is 10.1. The zero-order valence-corrected chi connectivity index (χ0v) is 17.8. The van der Waals surface area contributed by atoms with Crippen molar-refractivity contribution >= 4 is 23.2 Å². The summed E-state index contributed by atoms with van der Waals surface area (Å²) in [5, 5.41) is 7.34. The van der Waals surface area contributed by atoms with Crippen LogP contribution in [-0.2, 0) is 11.3 Å². The van der Waals surface area contributed by atoms with Gasteiger partial charge in [0.05, 0.1) is 38.1 Å². The first-order chi connectivity index (χ1) is 14.5. The van der Waals surface area contributed by atoms with Crippen LogP contribution in [0, 0.1) is 0 Å². The molecule has 0 aliphatic carbocycles. The van der Waals surface area contributed by atoms with E-state index in [4.69, 9.17) is 25.6 Å². The lowest BCUT2D eigenvalue weighted by molar-refractivity contribution is -0.117. The Balaban J connectivity index is 1.62. The SMILES string of the molecule is CCOc1ccccc1-c1noc(CN(C)CC(=O)Nc2cc(Cl)ccc2OC)n1. The first kappa shape index (κ1) is 21.6. The third-order valence-corrected chi connectivity index (χ3v) is 4.39. The molecule has 0 unspecified atom stereocenters. The fourth-order valence-corrected chi connectivity index (χ4v) is 3.03. The van der Waals surface area contributed by atoms with Gasteiger partial charge in [-0.15, -0.1) is 0 Å². The van der Waals surface area contributed by atoms with Gasteiger partial charge in [-0.1, -0.05) is 28.9 Å². The van der Waals surface area contributed by atoms with E-state index >= 15 is 0 Å². The number of anilines is 1. The number of para-hydroxylation sites is 1. The van der Waals surface area contributed by atoms with Gasteiger partial charge in [0.15, 0.2) is 0 Å². The summed E-state index contributed by atoms with van der Waals surface area (Å²) in [6.45, 7) is 2.88. The Morgan fingerprint density at radius 2 is 2.03 bits per heavy atom. The molecule has 0 bridgehead atoms. The molecule has 1 amide bonds. The van der Waals surface area contributed by atoms with Gasteiger partial charge >= 0.3 is 0 Å². The van der Waals surface area contributed by atoms with Gasteiger partial charge in [0.1, 0.15) is 11.5 Å². The molecular weight excluding hydrogens is 408 g/mol. The molecule has 0 spiro atoms. The van der Waals surface area contributed by atoms with Crippen LogP contribution in [0.25, 0.3) is 11.4 Å². The van der Waals surface area contributed by atoms with Crippen molar-refractivity contribution in [3.8, 4) is 22.9 Å². The van der Waals surface area contributed by atoms with Crippen LogP contribution in [0.3, 0.4) is 0 Å². The van der Waals surface area contributed by atoms with E-state index in [1.807, 2.05) is 31.2 Å². The van der Waals surface area contributed by atoms with Crippen molar-refractivity contribution in [2.24, 2.45) is 0 Å². The summed E-state index contributed by atoms with van der Waals surface area (Å²) in [5.74, 6) is 1.84. The molecule has 0 saturated heterocycles. The highest BCUT2D eigenvalue weighted by atomic mass is 35.5. The average Bonchev–Trinajstić information content (AvgIpc) is 3.16. The number of halogens is 1. The van der Waals surface area contributed by atoms with Gasteiger partial charge in [-0.05, 0) is 44.3 Å². The molecule has 9 heteroatoms. The van der Waals surface area contributed by atoms with Crippen LogP contribution >= 0.6 is 11.6 Å². The number of methoxy groups -OCH3 is 1. The minimum atomic E-state index is -0.223. The number of rotatable bonds is 9. The lowest BCUT2D eigenvalue weighted by atomic mass is 10.2. The van der Waals surface area contributed by atoms with Gasteiger partial charge in [-0.25, -0.2) is 0 Å². The van der Waals surface area contributed by atoms with Crippen molar-refractivity contribution in [3.63, 3.8) is 0 Å². The number of nitrogens with one attached hydrogen (secondary N) is 1. The predicted octanol–water partition coefficient (Wildman–Crippen LogP) is 3.87. The fraction of sp³-hybridized carbons (Fsp3) is 0.286. The normalized spacial score (nSPS) is 10.8. The molecule has 3 aromatic rings. The van der Waals surface area contributed by atoms with E-state index in [1.54, 1.807) is 30.1 Å². The lowest BCUT2D eigenvalue weighted by Crippen LogP contribution is -2.30. The largest absolute Gasteiger partial charge is 0.495 e. The molecule has 0 atom stereocenters. The maximum atomic E-state index is 12.4. The van der Waals surface area contributed by atoms with Crippen molar-refractivity contribution in [1.82, 2.24) is 15.0 Å². The molecule has 0 aliphatic rings. The van der Waals surface area contributed by atoms with E-state index in [0.29, 0.717) is 47.1 Å². The second-order valence-electron chi connectivity index (χ2n) is 6.51. The number of nitrogens with zero attached hydrogens (tertiary/aromatic N) is 3. The monoisotopic (exact) mass is 430 g/mol. The number of carbonyl (C=O) groups excluding carboxylic acids is 1. The summed E-state index contributed by atoms with van der Waals surface area (Å²) in [5.41, 5.74) is 1.26. The zero-order chi connectivity index (χ0) is 21.5. The highest BCUT2D eigenvalue weighted by molar-refractivity contribution is 6.31. The summed E-state index contributed by atoms with van der Waals surface area (Å²) >= 11 is 6.00. The summed E-state index contributed by atoms with van der Waals surface area (Å²) in [6.07, 6.45) is 0. The highest BCUT2D eigenvalue weighted by Gasteiger charge is 2.16. The number of hydrogen-bond donors (Lipinski definition) is 1. The van der Waals surface area contributed by atoms with E-state index in [2.05, 4.69) is 15.5 Å². The Labute approximate surface area is 179 Å². The average molecular weight is 431 g/mol. The molecule has 0 aliphatic heterocycles. The summed E-state index contributed by atoms with van der Waals surface area (Å²) in [4.78, 5) is 18.6. The first-order valence-corrected chi connectivity index (χ1v) is 9.74. The summed E-state index contributed by atoms with van der Waals surface area (Å²) in [7, 11) is 3.31. The van der Waals surface area contributed by atoms with Crippen LogP contribution in [0.4, 0.5) is 5.69 Å². The van der Waals surface area contributed by atoms with Crippen LogP contribution in [0.2, 0.25) is 5.02 Å². The van der Waals surface area contributed by atoms with E-state index in [1.165, 1.54) is 7.11 Å². The second-order valence-corrected chi connectivity index (χ2v) is 6.94. The van der Waals surface area contributed by atoms with Crippen molar-refractivity contribution in [1.29, 1.82) is 0 Å². The standard InChI is InChI=1S/C21H23ClN4O4/c1-4-29-17-8-6-5-7-15(17)21-24-20(30-25-21)13-26(2)12-19(27)23-16-11-14(22)9-10-18(16)28-3/h5-11H,4,12-13H2,1-3H3,(H,23,27). The van der Waals surface area contributed by atoms with Crippen LogP contribution in [0.15, 0.2) is 47.0 Å². The molecular formula is C21H23ClN4O4. The molecule has 1 aromatic heterocycles. The van der Waals surface area contributed by atoms with Crippen molar-refractivity contribution in [2.45, 2.75) is 13.5 Å². The van der Waals surface area contributed by atoms with Gasteiger partial charge in [0.25, 0.3) is 0 Å². The Kier molecular flexibility index (Phi) is 7.26. The molecule has 0 fully saturated rings. The fourth-order valence-electron chi connectivity index (χ4n) is 2.86. The molecule has 1 heterocycles. The highest BCUT2D eigenvalue weighted by Crippen LogP contribution is 2.28.